The maximum Gasteiger partial charge on any atom is 0.299 e. The first kappa shape index (κ1) is 24.7. The Morgan fingerprint density at radius 1 is 1.08 bits per heavy atom. The van der Waals surface area contributed by atoms with Crippen LogP contribution in [0.15, 0.2) is 48.5 Å². The van der Waals surface area contributed by atoms with Crippen LogP contribution < -0.4 is 0 Å². The first-order valence-corrected chi connectivity index (χ1v) is 13.5. The third kappa shape index (κ3) is 4.48. The van der Waals surface area contributed by atoms with Crippen molar-refractivity contribution in [2.75, 3.05) is 33.8 Å². The van der Waals surface area contributed by atoms with Crippen molar-refractivity contribution >= 4 is 16.8 Å². The Labute approximate surface area is 223 Å². The molecule has 4 heterocycles. The maximum atomic E-state index is 12.6. The fraction of sp³-hybridized carbons (Fsp3) is 0.400. The Bertz CT molecular complexity index is 1490. The summed E-state index contributed by atoms with van der Waals surface area (Å²) in [6, 6.07) is 17.4. The number of hydroxylamine groups is 2. The zero-order chi connectivity index (χ0) is 26.2. The summed E-state index contributed by atoms with van der Waals surface area (Å²) in [6.45, 7) is 5.33. The van der Waals surface area contributed by atoms with Crippen LogP contribution >= 0.6 is 0 Å². The van der Waals surface area contributed by atoms with Gasteiger partial charge in [0.05, 0.1) is 24.0 Å². The third-order valence-corrected chi connectivity index (χ3v) is 8.24. The molecule has 0 N–H and O–H groups in total. The molecule has 2 aliphatic heterocycles. The van der Waals surface area contributed by atoms with Crippen LogP contribution in [0.1, 0.15) is 57.3 Å². The van der Waals surface area contributed by atoms with Crippen molar-refractivity contribution in [1.29, 1.82) is 0 Å². The summed E-state index contributed by atoms with van der Waals surface area (Å²) in [6.07, 6.45) is 4.98. The van der Waals surface area contributed by atoms with Crippen molar-refractivity contribution in [3.8, 4) is 5.69 Å². The Morgan fingerprint density at radius 2 is 1.89 bits per heavy atom. The maximum absolute atomic E-state index is 12.6. The zero-order valence-electron chi connectivity index (χ0n) is 22.4. The van der Waals surface area contributed by atoms with Crippen LogP contribution in [-0.4, -0.2) is 69.6 Å². The second-order valence-corrected chi connectivity index (χ2v) is 10.4. The normalized spacial score (nSPS) is 15.9. The summed E-state index contributed by atoms with van der Waals surface area (Å²) in [5, 5.41) is 11.0. The van der Waals surface area contributed by atoms with Gasteiger partial charge in [-0.05, 0) is 92.9 Å². The van der Waals surface area contributed by atoms with Crippen LogP contribution in [0.25, 0.3) is 16.6 Å². The van der Waals surface area contributed by atoms with E-state index in [-0.39, 0.29) is 5.91 Å². The smallest absolute Gasteiger partial charge is 0.299 e. The summed E-state index contributed by atoms with van der Waals surface area (Å²) in [5.74, 6) is 0.315. The van der Waals surface area contributed by atoms with E-state index < -0.39 is 0 Å². The number of carbonyl (C=O) groups excluding carboxylic acids is 1. The highest BCUT2D eigenvalue weighted by Crippen LogP contribution is 2.33. The number of aryl methyl sites for hydroxylation is 1. The highest BCUT2D eigenvalue weighted by Gasteiger charge is 2.28. The van der Waals surface area contributed by atoms with Crippen LogP contribution in [-0.2, 0) is 24.1 Å². The van der Waals surface area contributed by atoms with Crippen LogP contribution in [0.5, 0.6) is 0 Å². The van der Waals surface area contributed by atoms with E-state index in [1.807, 2.05) is 4.68 Å². The Morgan fingerprint density at radius 3 is 2.71 bits per heavy atom. The first-order valence-electron chi connectivity index (χ1n) is 13.5. The molecule has 0 aliphatic carbocycles. The largest absolute Gasteiger partial charge is 0.303 e. The number of pyridine rings is 1. The highest BCUT2D eigenvalue weighted by molar-refractivity contribution is 5.92. The molecule has 8 heteroatoms. The fourth-order valence-electron chi connectivity index (χ4n) is 6.09. The van der Waals surface area contributed by atoms with E-state index in [2.05, 4.69) is 70.7 Å². The molecule has 4 aromatic rings. The van der Waals surface area contributed by atoms with Crippen LogP contribution in [0, 0.1) is 6.92 Å². The van der Waals surface area contributed by atoms with Gasteiger partial charge in [0.25, 0.3) is 5.91 Å². The van der Waals surface area contributed by atoms with E-state index in [0.29, 0.717) is 11.6 Å². The van der Waals surface area contributed by atoms with Gasteiger partial charge >= 0.3 is 0 Å². The van der Waals surface area contributed by atoms with Crippen molar-refractivity contribution in [2.24, 2.45) is 0 Å². The highest BCUT2D eigenvalue weighted by atomic mass is 16.7. The van der Waals surface area contributed by atoms with Crippen LogP contribution in [0.4, 0.5) is 0 Å². The molecule has 6 rings (SSSR count). The lowest BCUT2D eigenvalue weighted by molar-refractivity contribution is -0.0761. The van der Waals surface area contributed by atoms with Gasteiger partial charge in [-0.1, -0.05) is 35.5 Å². The van der Waals surface area contributed by atoms with Crippen molar-refractivity contribution in [3.05, 3.63) is 82.3 Å². The number of amides is 1. The SMILES string of the molecule is CON(C)C(=O)c1nnn2c1CCc1c(CCN3CCC(c4cccc5nc(C)ccc45)CC3)cccc1-2. The number of carbonyl (C=O) groups is 1. The molecule has 0 atom stereocenters. The van der Waals surface area contributed by atoms with Crippen molar-refractivity contribution in [1.82, 2.24) is 29.9 Å². The van der Waals surface area contributed by atoms with Crippen LogP contribution in [0.2, 0.25) is 0 Å². The average Bonchev–Trinajstić information content (AvgIpc) is 3.39. The number of hydrogen-bond acceptors (Lipinski definition) is 6. The van der Waals surface area contributed by atoms with Gasteiger partial charge in [0.1, 0.15) is 0 Å². The summed E-state index contributed by atoms with van der Waals surface area (Å²) in [5.41, 5.74) is 8.56. The molecule has 0 saturated carbocycles. The predicted octanol–water partition coefficient (Wildman–Crippen LogP) is 4.28. The number of fused-ring (bicyclic) bond motifs is 4. The van der Waals surface area contributed by atoms with Crippen molar-refractivity contribution in [3.63, 3.8) is 0 Å². The minimum absolute atomic E-state index is 0.272. The topological polar surface area (TPSA) is 76.4 Å². The number of nitrogens with zero attached hydrogens (tertiary/aromatic N) is 6. The average molecular weight is 511 g/mol. The fourth-order valence-corrected chi connectivity index (χ4v) is 6.09. The zero-order valence-corrected chi connectivity index (χ0v) is 22.4. The number of likely N-dealkylation sites (tertiary alicyclic amines) is 1. The molecule has 0 bridgehead atoms. The Kier molecular flexibility index (Phi) is 6.68. The molecule has 38 heavy (non-hydrogen) atoms. The van der Waals surface area contributed by atoms with Gasteiger partial charge in [0.15, 0.2) is 5.69 Å². The molecule has 2 aromatic carbocycles. The summed E-state index contributed by atoms with van der Waals surface area (Å²) >= 11 is 0. The molecule has 2 aromatic heterocycles. The molecule has 1 fully saturated rings. The third-order valence-electron chi connectivity index (χ3n) is 8.24. The molecular formula is C30H34N6O2. The van der Waals surface area contributed by atoms with Gasteiger partial charge in [-0.15, -0.1) is 5.10 Å². The molecule has 0 radical (unpaired) electrons. The first-order chi connectivity index (χ1) is 18.5. The standard InChI is InChI=1S/C30H34N6O2/c1-20-10-11-25-23(7-5-8-26(25)31-20)22-15-18-35(19-16-22)17-14-21-6-4-9-27-24(21)12-13-28-29(32-33-36(27)28)30(37)34(2)38-3/h4-11,22H,12-19H2,1-3H3. The van der Waals surface area contributed by atoms with Gasteiger partial charge in [0.2, 0.25) is 0 Å². The molecule has 0 spiro atoms. The number of hydrogen-bond donors (Lipinski definition) is 0. The second kappa shape index (κ2) is 10.3. The summed E-state index contributed by atoms with van der Waals surface area (Å²) in [4.78, 5) is 25.0. The summed E-state index contributed by atoms with van der Waals surface area (Å²) < 4.78 is 1.84. The lowest BCUT2D eigenvalue weighted by atomic mass is 9.87. The second-order valence-electron chi connectivity index (χ2n) is 10.4. The van der Waals surface area contributed by atoms with Gasteiger partial charge < -0.3 is 4.90 Å². The Balaban J connectivity index is 1.13. The van der Waals surface area contributed by atoms with Crippen molar-refractivity contribution in [2.45, 2.75) is 44.9 Å². The Hall–Kier alpha value is -3.62. The lowest BCUT2D eigenvalue weighted by Crippen LogP contribution is -2.34. The van der Waals surface area contributed by atoms with Gasteiger partial charge in [0, 0.05) is 24.7 Å². The molecule has 0 unspecified atom stereocenters. The molecule has 196 valence electrons. The van der Waals surface area contributed by atoms with Gasteiger partial charge in [-0.3, -0.25) is 14.6 Å². The number of rotatable bonds is 6. The predicted molar refractivity (Wildman–Crippen MR) is 146 cm³/mol. The van der Waals surface area contributed by atoms with E-state index >= 15 is 0 Å². The van der Waals surface area contributed by atoms with Gasteiger partial charge in [-0.2, -0.15) is 0 Å². The molecule has 1 amide bonds. The lowest BCUT2D eigenvalue weighted by Gasteiger charge is -2.33. The molecule has 2 aliphatic rings. The van der Waals surface area contributed by atoms with E-state index in [4.69, 9.17) is 9.82 Å². The van der Waals surface area contributed by atoms with E-state index in [0.717, 1.165) is 61.5 Å². The van der Waals surface area contributed by atoms with E-state index in [1.165, 1.54) is 47.1 Å². The van der Waals surface area contributed by atoms with E-state index in [9.17, 15) is 4.79 Å². The summed E-state index contributed by atoms with van der Waals surface area (Å²) in [7, 11) is 3.06. The monoisotopic (exact) mass is 510 g/mol. The van der Waals surface area contributed by atoms with Crippen LogP contribution in [0.3, 0.4) is 0 Å². The number of piperidine rings is 1. The van der Waals surface area contributed by atoms with E-state index in [1.54, 1.807) is 7.05 Å². The molecule has 1 saturated heterocycles. The van der Waals surface area contributed by atoms with Crippen molar-refractivity contribution < 1.29 is 9.63 Å². The quantitative estimate of drug-likeness (QED) is 0.361. The molecule has 8 nitrogen and oxygen atoms in total. The number of benzene rings is 2. The molecular weight excluding hydrogens is 476 g/mol. The minimum atomic E-state index is -0.272. The van der Waals surface area contributed by atoms with Gasteiger partial charge in [-0.25, -0.2) is 9.75 Å². The number of aromatic nitrogens is 4. The minimum Gasteiger partial charge on any atom is -0.303 e.